The second kappa shape index (κ2) is 4.01. The second-order valence-corrected chi connectivity index (χ2v) is 4.86. The fourth-order valence-corrected chi connectivity index (χ4v) is 3.02. The fraction of sp³-hybridized carbons (Fsp3) is 0.692. The van der Waals surface area contributed by atoms with E-state index in [9.17, 15) is 0 Å². The maximum absolute atomic E-state index is 5.87. The van der Waals surface area contributed by atoms with Crippen LogP contribution in [0.25, 0.3) is 0 Å². The second-order valence-electron chi connectivity index (χ2n) is 4.86. The Bertz CT molecular complexity index is 361. The number of rotatable bonds is 2. The number of aromatic nitrogens is 1. The lowest BCUT2D eigenvalue weighted by Gasteiger charge is -2.19. The number of nitrogens with two attached hydrogens (primary N) is 1. The van der Waals surface area contributed by atoms with Crippen LogP contribution in [0.4, 0.5) is 0 Å². The van der Waals surface area contributed by atoms with Crippen LogP contribution >= 0.6 is 0 Å². The molecule has 84 valence electrons. The zero-order valence-corrected chi connectivity index (χ0v) is 10.1. The summed E-state index contributed by atoms with van der Waals surface area (Å²) in [6.45, 7) is 7.46. The van der Waals surface area contributed by atoms with E-state index in [0.29, 0.717) is 12.6 Å². The Balaban J connectivity index is 2.59. The maximum Gasteiger partial charge on any atom is 0.0279 e. The average molecular weight is 206 g/mol. The summed E-state index contributed by atoms with van der Waals surface area (Å²) in [4.78, 5) is 0. The van der Waals surface area contributed by atoms with Crippen molar-refractivity contribution in [2.75, 3.05) is 0 Å². The number of nitrogens with zero attached hydrogens (tertiary/aromatic N) is 1. The molecule has 0 aliphatic heterocycles. The van der Waals surface area contributed by atoms with Crippen LogP contribution in [-0.2, 0) is 19.4 Å². The molecule has 1 aliphatic rings. The highest BCUT2D eigenvalue weighted by molar-refractivity contribution is 5.40. The molecule has 1 heterocycles. The molecule has 15 heavy (non-hydrogen) atoms. The molecular weight excluding hydrogens is 184 g/mol. The third kappa shape index (κ3) is 1.61. The quantitative estimate of drug-likeness (QED) is 0.792. The first-order valence-electron chi connectivity index (χ1n) is 6.08. The molecule has 0 saturated heterocycles. The van der Waals surface area contributed by atoms with Crippen molar-refractivity contribution < 1.29 is 0 Å². The lowest BCUT2D eigenvalue weighted by Crippen LogP contribution is -2.11. The molecule has 2 N–H and O–H groups in total. The van der Waals surface area contributed by atoms with Crippen LogP contribution < -0.4 is 5.73 Å². The number of hydrogen-bond donors (Lipinski definition) is 1. The highest BCUT2D eigenvalue weighted by atomic mass is 15.0. The van der Waals surface area contributed by atoms with Gasteiger partial charge in [-0.25, -0.2) is 0 Å². The molecule has 2 nitrogen and oxygen atoms in total. The number of fused-ring (bicyclic) bond motifs is 1. The summed E-state index contributed by atoms with van der Waals surface area (Å²) in [5, 5.41) is 0. The Morgan fingerprint density at radius 1 is 1.27 bits per heavy atom. The van der Waals surface area contributed by atoms with Crippen LogP contribution in [-0.4, -0.2) is 4.57 Å². The molecule has 2 rings (SSSR count). The third-order valence-electron chi connectivity index (χ3n) is 3.61. The van der Waals surface area contributed by atoms with Gasteiger partial charge in [0.25, 0.3) is 0 Å². The fourth-order valence-electron chi connectivity index (χ4n) is 3.02. The van der Waals surface area contributed by atoms with E-state index < -0.39 is 0 Å². The normalized spacial score (nSPS) is 15.8. The van der Waals surface area contributed by atoms with E-state index in [4.69, 9.17) is 5.73 Å². The van der Waals surface area contributed by atoms with E-state index in [0.717, 1.165) is 0 Å². The van der Waals surface area contributed by atoms with Gasteiger partial charge in [-0.05, 0) is 57.6 Å². The van der Waals surface area contributed by atoms with Crippen LogP contribution in [0.5, 0.6) is 0 Å². The largest absolute Gasteiger partial charge is 0.346 e. The Morgan fingerprint density at radius 2 is 1.93 bits per heavy atom. The summed E-state index contributed by atoms with van der Waals surface area (Å²) >= 11 is 0. The summed E-state index contributed by atoms with van der Waals surface area (Å²) in [5.41, 5.74) is 11.8. The number of hydrogen-bond acceptors (Lipinski definition) is 1. The van der Waals surface area contributed by atoms with Crippen LogP contribution in [0.3, 0.4) is 0 Å². The summed E-state index contributed by atoms with van der Waals surface area (Å²) in [6, 6.07) is 0.567. The van der Waals surface area contributed by atoms with Crippen molar-refractivity contribution in [2.45, 2.75) is 59.0 Å². The minimum Gasteiger partial charge on any atom is -0.346 e. The Labute approximate surface area is 92.5 Å². The average Bonchev–Trinajstić information content (AvgIpc) is 2.49. The summed E-state index contributed by atoms with van der Waals surface area (Å²) in [5.74, 6) is 0. The molecule has 1 aliphatic carbocycles. The van der Waals surface area contributed by atoms with Crippen molar-refractivity contribution in [3.05, 3.63) is 22.5 Å². The molecule has 0 bridgehead atoms. The van der Waals surface area contributed by atoms with Gasteiger partial charge in [0.05, 0.1) is 0 Å². The summed E-state index contributed by atoms with van der Waals surface area (Å²) in [7, 11) is 0. The molecule has 0 aromatic carbocycles. The smallest absolute Gasteiger partial charge is 0.0279 e. The third-order valence-corrected chi connectivity index (χ3v) is 3.61. The molecular formula is C13H22N2. The van der Waals surface area contributed by atoms with Crippen LogP contribution in [0.15, 0.2) is 0 Å². The van der Waals surface area contributed by atoms with Gasteiger partial charge < -0.3 is 10.3 Å². The highest BCUT2D eigenvalue weighted by Gasteiger charge is 2.22. The predicted octanol–water partition coefficient (Wildman–Crippen LogP) is 2.71. The van der Waals surface area contributed by atoms with Gasteiger partial charge in [-0.1, -0.05) is 0 Å². The predicted molar refractivity (Wildman–Crippen MR) is 64.1 cm³/mol. The minimum absolute atomic E-state index is 0.567. The topological polar surface area (TPSA) is 30.9 Å². The van der Waals surface area contributed by atoms with Crippen molar-refractivity contribution >= 4 is 0 Å². The van der Waals surface area contributed by atoms with E-state index in [-0.39, 0.29) is 0 Å². The van der Waals surface area contributed by atoms with Gasteiger partial charge in [-0.15, -0.1) is 0 Å². The van der Waals surface area contributed by atoms with Crippen molar-refractivity contribution in [3.8, 4) is 0 Å². The Hall–Kier alpha value is -0.760. The van der Waals surface area contributed by atoms with Crippen LogP contribution in [0, 0.1) is 6.92 Å². The van der Waals surface area contributed by atoms with E-state index in [1.807, 2.05) is 0 Å². The summed E-state index contributed by atoms with van der Waals surface area (Å²) in [6.07, 6.45) is 5.16. The van der Waals surface area contributed by atoms with Gasteiger partial charge in [0.15, 0.2) is 0 Å². The highest BCUT2D eigenvalue weighted by Crippen LogP contribution is 2.31. The zero-order chi connectivity index (χ0) is 11.0. The molecule has 0 radical (unpaired) electrons. The first-order chi connectivity index (χ1) is 7.16. The van der Waals surface area contributed by atoms with Crippen molar-refractivity contribution in [2.24, 2.45) is 5.73 Å². The summed E-state index contributed by atoms with van der Waals surface area (Å²) < 4.78 is 2.50. The standard InChI is InChI=1S/C13H22N2/c1-9(2)15-10(3)12(8-14)11-6-4-5-7-13(11)15/h9H,4-8,14H2,1-3H3. The SMILES string of the molecule is Cc1c(CN)c2c(n1C(C)C)CCCC2. The molecule has 0 atom stereocenters. The first-order valence-corrected chi connectivity index (χ1v) is 6.08. The van der Waals surface area contributed by atoms with E-state index in [2.05, 4.69) is 25.3 Å². The Kier molecular flexibility index (Phi) is 2.87. The van der Waals surface area contributed by atoms with Gasteiger partial charge in [-0.2, -0.15) is 0 Å². The van der Waals surface area contributed by atoms with Crippen molar-refractivity contribution in [1.29, 1.82) is 0 Å². The minimum atomic E-state index is 0.567. The van der Waals surface area contributed by atoms with Crippen LogP contribution in [0.1, 0.15) is 55.2 Å². The first kappa shape index (κ1) is 10.7. The van der Waals surface area contributed by atoms with Crippen LogP contribution in [0.2, 0.25) is 0 Å². The van der Waals surface area contributed by atoms with Gasteiger partial charge >= 0.3 is 0 Å². The van der Waals surface area contributed by atoms with E-state index in [1.54, 1.807) is 11.3 Å². The van der Waals surface area contributed by atoms with Gasteiger partial charge in [-0.3, -0.25) is 0 Å². The van der Waals surface area contributed by atoms with E-state index in [1.165, 1.54) is 36.9 Å². The van der Waals surface area contributed by atoms with Gasteiger partial charge in [0, 0.05) is 24.0 Å². The van der Waals surface area contributed by atoms with E-state index >= 15 is 0 Å². The lowest BCUT2D eigenvalue weighted by molar-refractivity contribution is 0.538. The monoisotopic (exact) mass is 206 g/mol. The molecule has 1 aromatic heterocycles. The molecule has 2 heteroatoms. The molecule has 0 fully saturated rings. The molecule has 0 amide bonds. The maximum atomic E-state index is 5.87. The van der Waals surface area contributed by atoms with Crippen molar-refractivity contribution in [3.63, 3.8) is 0 Å². The molecule has 0 spiro atoms. The Morgan fingerprint density at radius 3 is 2.53 bits per heavy atom. The van der Waals surface area contributed by atoms with Crippen molar-refractivity contribution in [1.82, 2.24) is 4.57 Å². The molecule has 0 saturated carbocycles. The van der Waals surface area contributed by atoms with Gasteiger partial charge in [0.1, 0.15) is 0 Å². The lowest BCUT2D eigenvalue weighted by atomic mass is 9.94. The molecule has 1 aromatic rings. The van der Waals surface area contributed by atoms with Gasteiger partial charge in [0.2, 0.25) is 0 Å². The zero-order valence-electron chi connectivity index (χ0n) is 10.1. The molecule has 0 unspecified atom stereocenters.